The lowest BCUT2D eigenvalue weighted by molar-refractivity contribution is -0.546. The lowest BCUT2D eigenvalue weighted by Gasteiger charge is -1.96. The van der Waals surface area contributed by atoms with Gasteiger partial charge in [-0.1, -0.05) is 0 Å². The number of nitrogen functional groups attached to an aromatic ring is 1. The summed E-state index contributed by atoms with van der Waals surface area (Å²) in [5, 5.41) is 3.12. The Labute approximate surface area is 95.1 Å². The number of H-pyrrole nitrogens is 2. The maximum Gasteiger partial charge on any atom is 0.305 e. The molecule has 17 heavy (non-hydrogen) atoms. The van der Waals surface area contributed by atoms with E-state index in [9.17, 15) is 0 Å². The lowest BCUT2D eigenvalue weighted by Crippen LogP contribution is -2.21. The summed E-state index contributed by atoms with van der Waals surface area (Å²) >= 11 is 0. The fraction of sp³-hybridized carbons (Fsp3) is 0. The lowest BCUT2D eigenvalue weighted by atomic mass is 10.3. The van der Waals surface area contributed by atoms with Gasteiger partial charge in [-0.15, -0.1) is 4.52 Å². The van der Waals surface area contributed by atoms with Crippen molar-refractivity contribution in [2.24, 2.45) is 0 Å². The van der Waals surface area contributed by atoms with E-state index in [-0.39, 0.29) is 0 Å². The molecular weight excluding hydrogens is 216 g/mol. The van der Waals surface area contributed by atoms with Crippen LogP contribution in [0.25, 0.3) is 27.7 Å². The van der Waals surface area contributed by atoms with Crippen LogP contribution in [-0.4, -0.2) is 20.1 Å². The van der Waals surface area contributed by atoms with Crippen LogP contribution in [0.3, 0.4) is 0 Å². The van der Waals surface area contributed by atoms with Crippen LogP contribution >= 0.6 is 0 Å². The molecule has 0 radical (unpaired) electrons. The topological polar surface area (TPSA) is 87.5 Å². The first kappa shape index (κ1) is 8.51. The fourth-order valence-corrected chi connectivity index (χ4v) is 2.18. The molecular formula is C11H9N6+. The van der Waals surface area contributed by atoms with Crippen molar-refractivity contribution in [3.05, 3.63) is 30.6 Å². The minimum Gasteiger partial charge on any atom is -0.380 e. The van der Waals surface area contributed by atoms with E-state index >= 15 is 0 Å². The molecule has 0 unspecified atom stereocenters. The highest BCUT2D eigenvalue weighted by Gasteiger charge is 2.20. The first-order valence-electron chi connectivity index (χ1n) is 5.25. The Hall–Kier alpha value is -2.63. The maximum atomic E-state index is 5.95. The van der Waals surface area contributed by atoms with Crippen LogP contribution in [0.4, 0.5) is 5.82 Å². The van der Waals surface area contributed by atoms with Gasteiger partial charge in [-0.05, 0) is 12.1 Å². The number of anilines is 1. The normalized spacial score (nSPS) is 11.8. The number of nitrogens with zero attached hydrogens (tertiary/aromatic N) is 3. The SMILES string of the molecule is Nc1nc2cccnc2c2c1[nH]c1cc[nH][n+]12. The van der Waals surface area contributed by atoms with Crippen LogP contribution in [0, 0.1) is 0 Å². The third-order valence-electron chi connectivity index (χ3n) is 2.91. The van der Waals surface area contributed by atoms with E-state index in [0.29, 0.717) is 5.82 Å². The van der Waals surface area contributed by atoms with E-state index in [2.05, 4.69) is 20.1 Å². The van der Waals surface area contributed by atoms with Gasteiger partial charge in [-0.25, -0.2) is 20.1 Å². The van der Waals surface area contributed by atoms with Crippen molar-refractivity contribution in [3.8, 4) is 0 Å². The van der Waals surface area contributed by atoms with Crippen LogP contribution in [-0.2, 0) is 0 Å². The number of hydrogen-bond acceptors (Lipinski definition) is 3. The Bertz CT molecular complexity index is 856. The fourth-order valence-electron chi connectivity index (χ4n) is 2.18. The molecule has 0 spiro atoms. The number of fused-ring (bicyclic) bond motifs is 5. The zero-order valence-corrected chi connectivity index (χ0v) is 8.81. The second kappa shape index (κ2) is 2.73. The third-order valence-corrected chi connectivity index (χ3v) is 2.91. The zero-order valence-electron chi connectivity index (χ0n) is 8.81. The largest absolute Gasteiger partial charge is 0.380 e. The Morgan fingerprint density at radius 3 is 3.18 bits per heavy atom. The van der Waals surface area contributed by atoms with Crippen LogP contribution in [0.5, 0.6) is 0 Å². The van der Waals surface area contributed by atoms with Crippen molar-refractivity contribution in [1.82, 2.24) is 20.1 Å². The summed E-state index contributed by atoms with van der Waals surface area (Å²) in [5.41, 5.74) is 10.2. The van der Waals surface area contributed by atoms with Crippen molar-refractivity contribution in [2.45, 2.75) is 0 Å². The average molecular weight is 225 g/mol. The van der Waals surface area contributed by atoms with E-state index in [1.165, 1.54) is 0 Å². The van der Waals surface area contributed by atoms with Gasteiger partial charge in [-0.2, -0.15) is 0 Å². The summed E-state index contributed by atoms with van der Waals surface area (Å²) in [6, 6.07) is 5.69. The molecule has 6 nitrogen and oxygen atoms in total. The minimum atomic E-state index is 0.484. The smallest absolute Gasteiger partial charge is 0.305 e. The van der Waals surface area contributed by atoms with Gasteiger partial charge in [0.15, 0.2) is 5.82 Å². The average Bonchev–Trinajstić information content (AvgIpc) is 2.89. The second-order valence-corrected chi connectivity index (χ2v) is 3.90. The Morgan fingerprint density at radius 1 is 1.29 bits per heavy atom. The molecule has 0 fully saturated rings. The van der Waals surface area contributed by atoms with Crippen molar-refractivity contribution >= 4 is 33.5 Å². The van der Waals surface area contributed by atoms with E-state index in [0.717, 1.165) is 27.7 Å². The van der Waals surface area contributed by atoms with Crippen molar-refractivity contribution in [2.75, 3.05) is 5.73 Å². The quantitative estimate of drug-likeness (QED) is 0.386. The van der Waals surface area contributed by atoms with Crippen molar-refractivity contribution < 1.29 is 4.52 Å². The highest BCUT2D eigenvalue weighted by molar-refractivity contribution is 6.02. The van der Waals surface area contributed by atoms with Gasteiger partial charge in [-0.3, -0.25) is 0 Å². The maximum absolute atomic E-state index is 5.95. The van der Waals surface area contributed by atoms with Crippen LogP contribution in [0.1, 0.15) is 0 Å². The molecule has 4 aromatic rings. The monoisotopic (exact) mass is 225 g/mol. The van der Waals surface area contributed by atoms with Crippen LogP contribution in [0.15, 0.2) is 30.6 Å². The molecule has 0 saturated heterocycles. The molecule has 4 heterocycles. The molecule has 6 heteroatoms. The number of nitrogens with two attached hydrogens (primary N) is 1. The van der Waals surface area contributed by atoms with Gasteiger partial charge in [0, 0.05) is 18.5 Å². The molecule has 82 valence electrons. The second-order valence-electron chi connectivity index (χ2n) is 3.90. The first-order chi connectivity index (χ1) is 8.34. The zero-order chi connectivity index (χ0) is 11.4. The van der Waals surface area contributed by atoms with Gasteiger partial charge in [0.05, 0.1) is 5.52 Å². The summed E-state index contributed by atoms with van der Waals surface area (Å²) in [6.07, 6.45) is 3.61. The van der Waals surface area contributed by atoms with E-state index < -0.39 is 0 Å². The molecule has 0 aliphatic carbocycles. The molecule has 0 bridgehead atoms. The van der Waals surface area contributed by atoms with Gasteiger partial charge >= 0.3 is 5.65 Å². The van der Waals surface area contributed by atoms with Gasteiger partial charge in [0.1, 0.15) is 5.52 Å². The molecule has 4 aromatic heterocycles. The van der Waals surface area contributed by atoms with Gasteiger partial charge in [0.2, 0.25) is 11.0 Å². The number of hydrogen-bond donors (Lipinski definition) is 3. The molecule has 0 saturated carbocycles. The highest BCUT2D eigenvalue weighted by atomic mass is 15.3. The molecule has 0 atom stereocenters. The first-order valence-corrected chi connectivity index (χ1v) is 5.25. The van der Waals surface area contributed by atoms with E-state index in [4.69, 9.17) is 5.73 Å². The molecule has 0 aliphatic rings. The van der Waals surface area contributed by atoms with Crippen LogP contribution in [0.2, 0.25) is 0 Å². The van der Waals surface area contributed by atoms with Crippen molar-refractivity contribution in [3.63, 3.8) is 0 Å². The number of pyridine rings is 2. The summed E-state index contributed by atoms with van der Waals surface area (Å²) in [4.78, 5) is 11.9. The number of rotatable bonds is 0. The number of nitrogens with one attached hydrogen (secondary N) is 2. The third kappa shape index (κ3) is 0.963. The summed E-state index contributed by atoms with van der Waals surface area (Å²) < 4.78 is 1.92. The molecule has 4 rings (SSSR count). The van der Waals surface area contributed by atoms with Crippen molar-refractivity contribution in [1.29, 1.82) is 0 Å². The molecule has 0 aliphatic heterocycles. The van der Waals surface area contributed by atoms with E-state index in [1.807, 2.05) is 28.9 Å². The predicted octanol–water partition coefficient (Wildman–Crippen LogP) is 0.760. The number of imidazole rings is 1. The Balaban J connectivity index is 2.43. The minimum absolute atomic E-state index is 0.484. The summed E-state index contributed by atoms with van der Waals surface area (Å²) in [7, 11) is 0. The van der Waals surface area contributed by atoms with Gasteiger partial charge < -0.3 is 5.73 Å². The predicted molar refractivity (Wildman–Crippen MR) is 63.3 cm³/mol. The highest BCUT2D eigenvalue weighted by Crippen LogP contribution is 2.22. The van der Waals surface area contributed by atoms with E-state index in [1.54, 1.807) is 6.20 Å². The Kier molecular flexibility index (Phi) is 1.37. The molecule has 0 amide bonds. The summed E-state index contributed by atoms with van der Waals surface area (Å²) in [6.45, 7) is 0. The molecule has 0 aromatic carbocycles. The standard InChI is InChI=1S/C11H8N6/c12-11-9-10(17-7(16-9)3-5-14-17)8-6(15-11)2-1-4-13-8/h1-5H,(H3,12,13,14,15,16)/p+1. The Morgan fingerprint density at radius 2 is 2.24 bits per heavy atom. The number of aromatic amines is 2. The number of aromatic nitrogens is 5. The molecule has 4 N–H and O–H groups in total. The van der Waals surface area contributed by atoms with Crippen LogP contribution < -0.4 is 10.2 Å². The van der Waals surface area contributed by atoms with Gasteiger partial charge in [0.25, 0.3) is 0 Å². The summed E-state index contributed by atoms with van der Waals surface area (Å²) in [5.74, 6) is 0.484.